The molecule has 1 heterocycles. The molecule has 1 N–H and O–H groups in total. The van der Waals surface area contributed by atoms with Crippen molar-refractivity contribution in [3.8, 4) is 0 Å². The van der Waals surface area contributed by atoms with E-state index in [1.807, 2.05) is 6.07 Å². The van der Waals surface area contributed by atoms with Gasteiger partial charge in [0.05, 0.1) is 0 Å². The van der Waals surface area contributed by atoms with Crippen molar-refractivity contribution < 1.29 is 4.39 Å². The molecule has 3 rings (SSSR count). The highest BCUT2D eigenvalue weighted by Gasteiger charge is 2.32. The molecule has 1 aliphatic heterocycles. The van der Waals surface area contributed by atoms with Crippen molar-refractivity contribution in [2.24, 2.45) is 0 Å². The van der Waals surface area contributed by atoms with Gasteiger partial charge in [0.25, 0.3) is 0 Å². The van der Waals surface area contributed by atoms with Gasteiger partial charge in [-0.05, 0) is 49.4 Å². The third-order valence-electron chi connectivity index (χ3n) is 3.82. The van der Waals surface area contributed by atoms with E-state index in [1.54, 1.807) is 6.07 Å². The van der Waals surface area contributed by atoms with E-state index in [0.717, 1.165) is 24.9 Å². The molecule has 1 aliphatic carbocycles. The SMILES string of the molecule is Fc1cccc2c1[C@@H]1CCCN[C@@H]1CC2. The topological polar surface area (TPSA) is 12.0 Å². The van der Waals surface area contributed by atoms with Crippen LogP contribution in [0.5, 0.6) is 0 Å². The summed E-state index contributed by atoms with van der Waals surface area (Å²) in [5, 5.41) is 3.52. The van der Waals surface area contributed by atoms with E-state index in [2.05, 4.69) is 11.4 Å². The first-order valence-corrected chi connectivity index (χ1v) is 5.87. The van der Waals surface area contributed by atoms with Crippen molar-refractivity contribution in [3.05, 3.63) is 35.1 Å². The van der Waals surface area contributed by atoms with Crippen LogP contribution in [0.25, 0.3) is 0 Å². The normalized spacial score (nSPS) is 29.4. The van der Waals surface area contributed by atoms with Gasteiger partial charge in [-0.2, -0.15) is 0 Å². The molecule has 15 heavy (non-hydrogen) atoms. The van der Waals surface area contributed by atoms with Gasteiger partial charge in [-0.15, -0.1) is 0 Å². The Kier molecular flexibility index (Phi) is 2.24. The summed E-state index contributed by atoms with van der Waals surface area (Å²) in [6.07, 6.45) is 4.52. The number of hydrogen-bond donors (Lipinski definition) is 1. The summed E-state index contributed by atoms with van der Waals surface area (Å²) >= 11 is 0. The number of benzene rings is 1. The summed E-state index contributed by atoms with van der Waals surface area (Å²) in [5.74, 6) is 0.426. The van der Waals surface area contributed by atoms with Gasteiger partial charge in [0, 0.05) is 12.0 Å². The van der Waals surface area contributed by atoms with Crippen LogP contribution in [0.15, 0.2) is 18.2 Å². The Labute approximate surface area is 89.7 Å². The molecule has 1 aromatic rings. The summed E-state index contributed by atoms with van der Waals surface area (Å²) in [5.41, 5.74) is 2.24. The standard InChI is InChI=1S/C13H16FN/c14-11-5-1-3-9-6-7-12-10(13(9)11)4-2-8-15-12/h1,3,5,10,12,15H,2,4,6-8H2/t10-,12-/m1/s1. The minimum absolute atomic E-state index is 0.00546. The van der Waals surface area contributed by atoms with Gasteiger partial charge in [0.2, 0.25) is 0 Å². The lowest BCUT2D eigenvalue weighted by atomic mass is 9.75. The van der Waals surface area contributed by atoms with Gasteiger partial charge in [0.15, 0.2) is 0 Å². The third kappa shape index (κ3) is 1.48. The zero-order valence-corrected chi connectivity index (χ0v) is 8.80. The molecule has 0 unspecified atom stereocenters. The lowest BCUT2D eigenvalue weighted by molar-refractivity contribution is 0.312. The van der Waals surface area contributed by atoms with Gasteiger partial charge in [0.1, 0.15) is 5.82 Å². The molecule has 0 amide bonds. The number of rotatable bonds is 0. The van der Waals surface area contributed by atoms with Crippen LogP contribution in [0.2, 0.25) is 0 Å². The Bertz CT molecular complexity index is 375. The van der Waals surface area contributed by atoms with Crippen LogP contribution in [-0.4, -0.2) is 12.6 Å². The molecule has 1 aromatic carbocycles. The predicted octanol–water partition coefficient (Wildman–Crippen LogP) is 2.61. The largest absolute Gasteiger partial charge is 0.313 e. The minimum atomic E-state index is 0.00546. The van der Waals surface area contributed by atoms with Crippen LogP contribution in [0.3, 0.4) is 0 Å². The van der Waals surface area contributed by atoms with Gasteiger partial charge in [-0.25, -0.2) is 4.39 Å². The number of hydrogen-bond acceptors (Lipinski definition) is 1. The van der Waals surface area contributed by atoms with Crippen molar-refractivity contribution in [3.63, 3.8) is 0 Å². The summed E-state index contributed by atoms with van der Waals surface area (Å²) in [7, 11) is 0. The van der Waals surface area contributed by atoms with E-state index in [0.29, 0.717) is 12.0 Å². The number of halogens is 1. The summed E-state index contributed by atoms with van der Waals surface area (Å²) in [4.78, 5) is 0. The highest BCUT2D eigenvalue weighted by molar-refractivity contribution is 5.36. The maximum atomic E-state index is 13.8. The molecule has 0 radical (unpaired) electrons. The molecule has 2 aliphatic rings. The quantitative estimate of drug-likeness (QED) is 0.686. The average Bonchev–Trinajstić information content (AvgIpc) is 2.29. The fourth-order valence-corrected chi connectivity index (χ4v) is 3.13. The smallest absolute Gasteiger partial charge is 0.127 e. The first-order chi connectivity index (χ1) is 7.36. The molecule has 0 aromatic heterocycles. The molecule has 2 heteroatoms. The third-order valence-corrected chi connectivity index (χ3v) is 3.82. The van der Waals surface area contributed by atoms with Crippen LogP contribution in [0.1, 0.15) is 36.3 Å². The summed E-state index contributed by atoms with van der Waals surface area (Å²) in [6.45, 7) is 1.10. The molecular formula is C13H16FN. The van der Waals surface area contributed by atoms with Crippen molar-refractivity contribution in [2.75, 3.05) is 6.54 Å². The Balaban J connectivity index is 2.05. The van der Waals surface area contributed by atoms with E-state index in [4.69, 9.17) is 0 Å². The molecule has 1 saturated heterocycles. The van der Waals surface area contributed by atoms with E-state index in [1.165, 1.54) is 18.4 Å². The molecule has 1 nitrogen and oxygen atoms in total. The molecule has 0 saturated carbocycles. The molecular weight excluding hydrogens is 189 g/mol. The molecule has 2 atom stereocenters. The van der Waals surface area contributed by atoms with Gasteiger partial charge in [-0.3, -0.25) is 0 Å². The fourth-order valence-electron chi connectivity index (χ4n) is 3.13. The lowest BCUT2D eigenvalue weighted by Crippen LogP contribution is -2.43. The van der Waals surface area contributed by atoms with E-state index in [9.17, 15) is 4.39 Å². The van der Waals surface area contributed by atoms with Crippen molar-refractivity contribution >= 4 is 0 Å². The van der Waals surface area contributed by atoms with Crippen LogP contribution in [0, 0.1) is 5.82 Å². The van der Waals surface area contributed by atoms with Gasteiger partial charge < -0.3 is 5.32 Å². The number of aryl methyl sites for hydroxylation is 1. The minimum Gasteiger partial charge on any atom is -0.313 e. The maximum Gasteiger partial charge on any atom is 0.127 e. The Hall–Kier alpha value is -0.890. The first-order valence-electron chi connectivity index (χ1n) is 5.87. The van der Waals surface area contributed by atoms with Crippen LogP contribution in [0.4, 0.5) is 4.39 Å². The number of piperidine rings is 1. The second-order valence-electron chi connectivity index (χ2n) is 4.66. The second kappa shape index (κ2) is 3.60. The van der Waals surface area contributed by atoms with E-state index in [-0.39, 0.29) is 5.82 Å². The highest BCUT2D eigenvalue weighted by atomic mass is 19.1. The van der Waals surface area contributed by atoms with Crippen LogP contribution in [-0.2, 0) is 6.42 Å². The Morgan fingerprint density at radius 2 is 2.20 bits per heavy atom. The van der Waals surface area contributed by atoms with E-state index < -0.39 is 0 Å². The first kappa shape index (κ1) is 9.34. The Morgan fingerprint density at radius 1 is 1.27 bits per heavy atom. The van der Waals surface area contributed by atoms with Crippen LogP contribution < -0.4 is 5.32 Å². The fraction of sp³-hybridized carbons (Fsp3) is 0.538. The van der Waals surface area contributed by atoms with Gasteiger partial charge in [-0.1, -0.05) is 12.1 Å². The van der Waals surface area contributed by atoms with Crippen molar-refractivity contribution in [1.82, 2.24) is 5.32 Å². The molecule has 1 fully saturated rings. The predicted molar refractivity (Wildman–Crippen MR) is 58.5 cm³/mol. The lowest BCUT2D eigenvalue weighted by Gasteiger charge is -2.38. The molecule has 0 bridgehead atoms. The van der Waals surface area contributed by atoms with E-state index >= 15 is 0 Å². The summed E-state index contributed by atoms with van der Waals surface area (Å²) < 4.78 is 13.8. The van der Waals surface area contributed by atoms with Crippen molar-refractivity contribution in [2.45, 2.75) is 37.6 Å². The highest BCUT2D eigenvalue weighted by Crippen LogP contribution is 2.38. The number of nitrogens with one attached hydrogen (secondary N) is 1. The average molecular weight is 205 g/mol. The Morgan fingerprint density at radius 3 is 3.13 bits per heavy atom. The second-order valence-corrected chi connectivity index (χ2v) is 4.66. The zero-order valence-electron chi connectivity index (χ0n) is 8.80. The zero-order chi connectivity index (χ0) is 10.3. The molecule has 0 spiro atoms. The van der Waals surface area contributed by atoms with Gasteiger partial charge >= 0.3 is 0 Å². The monoisotopic (exact) mass is 205 g/mol. The summed E-state index contributed by atoms with van der Waals surface area (Å²) in [6, 6.07) is 6.05. The van der Waals surface area contributed by atoms with Crippen LogP contribution >= 0.6 is 0 Å². The number of fused-ring (bicyclic) bond motifs is 3. The van der Waals surface area contributed by atoms with Crippen molar-refractivity contribution in [1.29, 1.82) is 0 Å². The maximum absolute atomic E-state index is 13.8. The molecule has 80 valence electrons.